The van der Waals surface area contributed by atoms with E-state index in [9.17, 15) is 0 Å². The SMILES string of the molecule is Cc1nc(C2CC2(C)C)nc(C)c1CNC(C)C. The van der Waals surface area contributed by atoms with Crippen LogP contribution in [0.15, 0.2) is 0 Å². The molecule has 1 fully saturated rings. The predicted octanol–water partition coefficient (Wildman–Crippen LogP) is 3.10. The van der Waals surface area contributed by atoms with Crippen molar-refractivity contribution in [2.45, 2.75) is 66.5 Å². The first kappa shape index (κ1) is 13.5. The maximum absolute atomic E-state index is 4.72. The van der Waals surface area contributed by atoms with Gasteiger partial charge in [-0.2, -0.15) is 0 Å². The molecule has 0 amide bonds. The fourth-order valence-electron chi connectivity index (χ4n) is 2.39. The summed E-state index contributed by atoms with van der Waals surface area (Å²) in [7, 11) is 0. The van der Waals surface area contributed by atoms with E-state index in [0.717, 1.165) is 23.8 Å². The molecule has 0 bridgehead atoms. The zero-order valence-corrected chi connectivity index (χ0v) is 12.5. The summed E-state index contributed by atoms with van der Waals surface area (Å²) in [6, 6.07) is 0.492. The third kappa shape index (κ3) is 2.72. The molecular formula is C15H25N3. The molecule has 1 heterocycles. The second-order valence-corrected chi connectivity index (χ2v) is 6.51. The van der Waals surface area contributed by atoms with Gasteiger partial charge < -0.3 is 5.32 Å². The van der Waals surface area contributed by atoms with Gasteiger partial charge in [0.05, 0.1) is 0 Å². The van der Waals surface area contributed by atoms with Crippen LogP contribution in [0.4, 0.5) is 0 Å². The van der Waals surface area contributed by atoms with Crippen molar-refractivity contribution < 1.29 is 0 Å². The van der Waals surface area contributed by atoms with Gasteiger partial charge in [0.1, 0.15) is 5.82 Å². The number of hydrogen-bond acceptors (Lipinski definition) is 3. The average Bonchev–Trinajstić information content (AvgIpc) is 2.86. The molecule has 0 aromatic carbocycles. The number of rotatable bonds is 4. The number of nitrogens with zero attached hydrogens (tertiary/aromatic N) is 2. The summed E-state index contributed by atoms with van der Waals surface area (Å²) in [5.74, 6) is 1.60. The lowest BCUT2D eigenvalue weighted by Crippen LogP contribution is -2.23. The lowest BCUT2D eigenvalue weighted by atomic mass is 10.1. The van der Waals surface area contributed by atoms with E-state index in [1.54, 1.807) is 0 Å². The minimum atomic E-state index is 0.399. The van der Waals surface area contributed by atoms with Crippen molar-refractivity contribution in [1.29, 1.82) is 0 Å². The van der Waals surface area contributed by atoms with Crippen LogP contribution in [0.1, 0.15) is 62.8 Å². The minimum Gasteiger partial charge on any atom is -0.310 e. The molecule has 1 unspecified atom stereocenters. The molecule has 0 radical (unpaired) electrons. The van der Waals surface area contributed by atoms with Crippen LogP contribution >= 0.6 is 0 Å². The Kier molecular flexibility index (Phi) is 3.45. The highest BCUT2D eigenvalue weighted by atomic mass is 15.0. The zero-order chi connectivity index (χ0) is 13.5. The molecule has 1 aromatic heterocycles. The number of aromatic nitrogens is 2. The second-order valence-electron chi connectivity index (χ2n) is 6.51. The van der Waals surface area contributed by atoms with Gasteiger partial charge in [-0.1, -0.05) is 27.7 Å². The summed E-state index contributed by atoms with van der Waals surface area (Å²) in [6.45, 7) is 14.0. The fourth-order valence-corrected chi connectivity index (χ4v) is 2.39. The van der Waals surface area contributed by atoms with Crippen LogP contribution in [0.25, 0.3) is 0 Å². The molecular weight excluding hydrogens is 222 g/mol. The first-order valence-corrected chi connectivity index (χ1v) is 6.88. The van der Waals surface area contributed by atoms with E-state index in [4.69, 9.17) is 9.97 Å². The Balaban J connectivity index is 2.19. The second kappa shape index (κ2) is 4.61. The van der Waals surface area contributed by atoms with Crippen molar-refractivity contribution in [3.63, 3.8) is 0 Å². The lowest BCUT2D eigenvalue weighted by molar-refractivity contribution is 0.577. The Labute approximate surface area is 110 Å². The summed E-state index contributed by atoms with van der Waals surface area (Å²) in [5.41, 5.74) is 3.92. The van der Waals surface area contributed by atoms with Gasteiger partial charge in [-0.3, -0.25) is 0 Å². The van der Waals surface area contributed by atoms with Crippen molar-refractivity contribution in [3.8, 4) is 0 Å². The quantitative estimate of drug-likeness (QED) is 0.888. The van der Waals surface area contributed by atoms with E-state index in [1.807, 2.05) is 0 Å². The van der Waals surface area contributed by atoms with Gasteiger partial charge in [0.2, 0.25) is 0 Å². The van der Waals surface area contributed by atoms with E-state index >= 15 is 0 Å². The van der Waals surface area contributed by atoms with E-state index in [2.05, 4.69) is 46.9 Å². The van der Waals surface area contributed by atoms with Crippen LogP contribution in [0.3, 0.4) is 0 Å². The van der Waals surface area contributed by atoms with Gasteiger partial charge in [-0.15, -0.1) is 0 Å². The maximum Gasteiger partial charge on any atom is 0.132 e. The highest BCUT2D eigenvalue weighted by Gasteiger charge is 2.48. The Morgan fingerprint density at radius 3 is 2.11 bits per heavy atom. The predicted molar refractivity (Wildman–Crippen MR) is 74.6 cm³/mol. The molecule has 0 spiro atoms. The monoisotopic (exact) mass is 247 g/mol. The molecule has 1 aliphatic carbocycles. The van der Waals surface area contributed by atoms with Crippen LogP contribution in [0, 0.1) is 19.3 Å². The molecule has 3 heteroatoms. The van der Waals surface area contributed by atoms with Crippen LogP contribution in [0.2, 0.25) is 0 Å². The maximum atomic E-state index is 4.72. The van der Waals surface area contributed by atoms with Crippen molar-refractivity contribution >= 4 is 0 Å². The third-order valence-corrected chi connectivity index (χ3v) is 3.95. The molecule has 1 aliphatic rings. The molecule has 1 N–H and O–H groups in total. The minimum absolute atomic E-state index is 0.399. The van der Waals surface area contributed by atoms with E-state index in [1.165, 1.54) is 12.0 Å². The number of hydrogen-bond donors (Lipinski definition) is 1. The van der Waals surface area contributed by atoms with Gasteiger partial charge in [0.25, 0.3) is 0 Å². The van der Waals surface area contributed by atoms with E-state index < -0.39 is 0 Å². The molecule has 3 nitrogen and oxygen atoms in total. The molecule has 18 heavy (non-hydrogen) atoms. The molecule has 1 atom stereocenters. The summed E-state index contributed by atoms with van der Waals surface area (Å²) in [4.78, 5) is 9.44. The largest absolute Gasteiger partial charge is 0.310 e. The lowest BCUT2D eigenvalue weighted by Gasteiger charge is -2.14. The fraction of sp³-hybridized carbons (Fsp3) is 0.733. The zero-order valence-electron chi connectivity index (χ0n) is 12.5. The number of nitrogens with one attached hydrogen (secondary N) is 1. The molecule has 0 saturated heterocycles. The van der Waals surface area contributed by atoms with Crippen LogP contribution < -0.4 is 5.32 Å². The summed E-state index contributed by atoms with van der Waals surface area (Å²) >= 11 is 0. The molecule has 1 aromatic rings. The Bertz CT molecular complexity index is 426. The van der Waals surface area contributed by atoms with Gasteiger partial charge in [0.15, 0.2) is 0 Å². The van der Waals surface area contributed by atoms with Crippen LogP contribution in [-0.4, -0.2) is 16.0 Å². The molecule has 0 aliphatic heterocycles. The molecule has 100 valence electrons. The Morgan fingerprint density at radius 1 is 1.22 bits per heavy atom. The highest BCUT2D eigenvalue weighted by molar-refractivity contribution is 5.27. The first-order valence-electron chi connectivity index (χ1n) is 6.88. The first-order chi connectivity index (χ1) is 8.31. The Hall–Kier alpha value is -0.960. The summed E-state index contributed by atoms with van der Waals surface area (Å²) < 4.78 is 0. The topological polar surface area (TPSA) is 37.8 Å². The highest BCUT2D eigenvalue weighted by Crippen LogP contribution is 2.57. The van der Waals surface area contributed by atoms with Gasteiger partial charge in [-0.05, 0) is 25.7 Å². The van der Waals surface area contributed by atoms with Gasteiger partial charge in [-0.25, -0.2) is 9.97 Å². The standard InChI is InChI=1S/C15H25N3/c1-9(2)16-8-12-10(3)17-14(18-11(12)4)13-7-15(13,5)6/h9,13,16H,7-8H2,1-6H3. The van der Waals surface area contributed by atoms with Crippen LogP contribution in [-0.2, 0) is 6.54 Å². The van der Waals surface area contributed by atoms with Crippen molar-refractivity contribution in [3.05, 3.63) is 22.8 Å². The van der Waals surface area contributed by atoms with Crippen molar-refractivity contribution in [2.75, 3.05) is 0 Å². The van der Waals surface area contributed by atoms with Crippen molar-refractivity contribution in [1.82, 2.24) is 15.3 Å². The van der Waals surface area contributed by atoms with Gasteiger partial charge in [0, 0.05) is 35.5 Å². The summed E-state index contributed by atoms with van der Waals surface area (Å²) in [6.07, 6.45) is 1.22. The third-order valence-electron chi connectivity index (χ3n) is 3.95. The number of aryl methyl sites for hydroxylation is 2. The smallest absolute Gasteiger partial charge is 0.132 e. The van der Waals surface area contributed by atoms with Crippen LogP contribution in [0.5, 0.6) is 0 Å². The molecule has 2 rings (SSSR count). The van der Waals surface area contributed by atoms with E-state index in [0.29, 0.717) is 17.4 Å². The Morgan fingerprint density at radius 2 is 1.72 bits per heavy atom. The average molecular weight is 247 g/mol. The van der Waals surface area contributed by atoms with E-state index in [-0.39, 0.29) is 0 Å². The van der Waals surface area contributed by atoms with Gasteiger partial charge >= 0.3 is 0 Å². The van der Waals surface area contributed by atoms with Crippen molar-refractivity contribution in [2.24, 2.45) is 5.41 Å². The molecule has 1 saturated carbocycles. The normalized spacial score (nSPS) is 21.4. The summed E-state index contributed by atoms with van der Waals surface area (Å²) in [5, 5.41) is 3.44.